The lowest BCUT2D eigenvalue weighted by atomic mass is 10.1. The van der Waals surface area contributed by atoms with Crippen molar-refractivity contribution in [2.45, 2.75) is 24.7 Å². The lowest BCUT2D eigenvalue weighted by molar-refractivity contribution is -0.137. The number of carbonyl (C=O) groups is 2. The Morgan fingerprint density at radius 3 is 2.52 bits per heavy atom. The van der Waals surface area contributed by atoms with Crippen LogP contribution < -0.4 is 0 Å². The Hall–Kier alpha value is -2.07. The van der Waals surface area contributed by atoms with Crippen LogP contribution in [0.25, 0.3) is 0 Å². The molecule has 0 saturated carbocycles. The number of rotatable bonds is 6. The minimum absolute atomic E-state index is 0.352. The third-order valence-corrected chi connectivity index (χ3v) is 3.94. The Balaban J connectivity index is 0.000000313. The van der Waals surface area contributed by atoms with Gasteiger partial charge in [0.05, 0.1) is 0 Å². The average Bonchev–Trinajstić information content (AvgIpc) is 2.60. The van der Waals surface area contributed by atoms with E-state index in [1.807, 2.05) is 12.1 Å². The Bertz CT molecular complexity index is 571. The third-order valence-electron chi connectivity index (χ3n) is 2.96. The van der Waals surface area contributed by atoms with Gasteiger partial charge in [-0.25, -0.2) is 4.79 Å². The number of allylic oxidation sites excluding steroid dienone is 4. The van der Waals surface area contributed by atoms with Crippen LogP contribution >= 0.6 is 11.8 Å². The van der Waals surface area contributed by atoms with Gasteiger partial charge in [-0.15, -0.1) is 11.8 Å². The van der Waals surface area contributed by atoms with Crippen molar-refractivity contribution in [2.75, 3.05) is 12.4 Å². The van der Waals surface area contributed by atoms with Gasteiger partial charge in [-0.2, -0.15) is 0 Å². The van der Waals surface area contributed by atoms with Crippen LogP contribution in [0.3, 0.4) is 0 Å². The van der Waals surface area contributed by atoms with Gasteiger partial charge in [0.1, 0.15) is 12.9 Å². The maximum absolute atomic E-state index is 10.7. The molecule has 1 aliphatic rings. The summed E-state index contributed by atoms with van der Waals surface area (Å²) in [5, 5.41) is 0. The molecule has 0 atom stereocenters. The number of aldehydes is 1. The van der Waals surface area contributed by atoms with Crippen LogP contribution in [0.5, 0.6) is 0 Å². The topological polar surface area (TPSA) is 43.4 Å². The molecule has 0 amide bonds. The van der Waals surface area contributed by atoms with Crippen LogP contribution in [-0.2, 0) is 9.53 Å². The second-order valence-corrected chi connectivity index (χ2v) is 6.00. The fourth-order valence-corrected chi connectivity index (χ4v) is 2.48. The highest BCUT2D eigenvalue weighted by atomic mass is 32.2. The molecule has 0 saturated heterocycles. The van der Waals surface area contributed by atoms with Gasteiger partial charge in [0, 0.05) is 22.3 Å². The van der Waals surface area contributed by atoms with Crippen molar-refractivity contribution in [3.8, 4) is 0 Å². The van der Waals surface area contributed by atoms with Crippen LogP contribution in [0.1, 0.15) is 30.1 Å². The molecular weight excluding hydrogens is 308 g/mol. The lowest BCUT2D eigenvalue weighted by Gasteiger charge is -2.02. The molecular formula is C19H22O3S. The molecule has 3 nitrogen and oxygen atoms in total. The minimum atomic E-state index is -0.406. The van der Waals surface area contributed by atoms with Crippen LogP contribution in [0.15, 0.2) is 65.6 Å². The highest BCUT2D eigenvalue weighted by Gasteiger charge is 1.97. The smallest absolute Gasteiger partial charge is 0.330 e. The Labute approximate surface area is 142 Å². The first-order valence-electron chi connectivity index (χ1n) is 7.46. The summed E-state index contributed by atoms with van der Waals surface area (Å²) in [4.78, 5) is 22.2. The first kappa shape index (κ1) is 19.0. The normalized spacial score (nSPS) is 12.5. The van der Waals surface area contributed by atoms with E-state index in [0.717, 1.165) is 17.3 Å². The zero-order valence-electron chi connectivity index (χ0n) is 13.4. The summed E-state index contributed by atoms with van der Waals surface area (Å²) in [6.45, 7) is 5.79. The predicted molar refractivity (Wildman–Crippen MR) is 95.8 cm³/mol. The van der Waals surface area contributed by atoms with E-state index in [1.165, 1.54) is 18.4 Å². The SMILES string of the molecule is C=CC(=O)OCCSc1ccc(C=O)cc1.CC1=CCCC=C1. The maximum atomic E-state index is 10.7. The molecule has 0 heterocycles. The number of thioether (sulfide) groups is 1. The van der Waals surface area contributed by atoms with Gasteiger partial charge in [-0.3, -0.25) is 4.79 Å². The van der Waals surface area contributed by atoms with Crippen molar-refractivity contribution < 1.29 is 14.3 Å². The average molecular weight is 330 g/mol. The molecule has 0 fully saturated rings. The van der Waals surface area contributed by atoms with E-state index >= 15 is 0 Å². The van der Waals surface area contributed by atoms with E-state index in [4.69, 9.17) is 4.74 Å². The van der Waals surface area contributed by atoms with Crippen molar-refractivity contribution in [2.24, 2.45) is 0 Å². The lowest BCUT2D eigenvalue weighted by Crippen LogP contribution is -2.03. The zero-order chi connectivity index (χ0) is 16.9. The van der Waals surface area contributed by atoms with Crippen molar-refractivity contribution in [1.29, 1.82) is 0 Å². The molecule has 1 aliphatic carbocycles. The maximum Gasteiger partial charge on any atom is 0.330 e. The Kier molecular flexibility index (Phi) is 9.48. The molecule has 0 N–H and O–H groups in total. The fourth-order valence-electron chi connectivity index (χ4n) is 1.75. The molecule has 122 valence electrons. The van der Waals surface area contributed by atoms with Gasteiger partial charge < -0.3 is 4.74 Å². The largest absolute Gasteiger partial charge is 0.462 e. The number of benzene rings is 1. The van der Waals surface area contributed by atoms with Gasteiger partial charge >= 0.3 is 5.97 Å². The number of ether oxygens (including phenoxy) is 1. The van der Waals surface area contributed by atoms with Crippen LogP contribution in [0.4, 0.5) is 0 Å². The summed E-state index contributed by atoms with van der Waals surface area (Å²) in [5.41, 5.74) is 2.06. The Morgan fingerprint density at radius 2 is 2.04 bits per heavy atom. The molecule has 1 aromatic carbocycles. The van der Waals surface area contributed by atoms with Gasteiger partial charge in [-0.1, -0.05) is 42.5 Å². The molecule has 23 heavy (non-hydrogen) atoms. The summed E-state index contributed by atoms with van der Waals surface area (Å²) < 4.78 is 4.82. The van der Waals surface area contributed by atoms with Crippen molar-refractivity contribution in [1.82, 2.24) is 0 Å². The molecule has 0 bridgehead atoms. The molecule has 4 heteroatoms. The standard InChI is InChI=1S/C12H12O3S.C7H10/c1-2-12(14)15-7-8-16-11-5-3-10(9-13)4-6-11;1-7-5-3-2-4-6-7/h2-6,9H,1,7-8H2;3,5-6H,2,4H2,1H3. The summed E-state index contributed by atoms with van der Waals surface area (Å²) in [5.74, 6) is 0.275. The molecule has 0 aliphatic heterocycles. The van der Waals surface area contributed by atoms with Gasteiger partial charge in [-0.05, 0) is 31.9 Å². The molecule has 0 radical (unpaired) electrons. The fraction of sp³-hybridized carbons (Fsp3) is 0.263. The van der Waals surface area contributed by atoms with Crippen molar-refractivity contribution in [3.05, 3.63) is 66.3 Å². The van der Waals surface area contributed by atoms with E-state index in [2.05, 4.69) is 31.7 Å². The van der Waals surface area contributed by atoms with E-state index < -0.39 is 5.97 Å². The van der Waals surface area contributed by atoms with Crippen LogP contribution in [0, 0.1) is 0 Å². The summed E-state index contributed by atoms with van der Waals surface area (Å²) >= 11 is 1.56. The van der Waals surface area contributed by atoms with E-state index in [0.29, 0.717) is 17.9 Å². The highest BCUT2D eigenvalue weighted by molar-refractivity contribution is 7.99. The first-order valence-corrected chi connectivity index (χ1v) is 8.45. The summed E-state index contributed by atoms with van der Waals surface area (Å²) in [6, 6.07) is 7.24. The van der Waals surface area contributed by atoms with E-state index in [1.54, 1.807) is 23.9 Å². The number of esters is 1. The minimum Gasteiger partial charge on any atom is -0.462 e. The van der Waals surface area contributed by atoms with Gasteiger partial charge in [0.2, 0.25) is 0 Å². The molecule has 0 aromatic heterocycles. The second-order valence-electron chi connectivity index (χ2n) is 4.83. The molecule has 0 unspecified atom stereocenters. The number of hydrogen-bond donors (Lipinski definition) is 0. The quantitative estimate of drug-likeness (QED) is 0.251. The van der Waals surface area contributed by atoms with E-state index in [-0.39, 0.29) is 0 Å². The molecule has 0 spiro atoms. The Morgan fingerprint density at radius 1 is 1.30 bits per heavy atom. The van der Waals surface area contributed by atoms with Crippen molar-refractivity contribution >= 4 is 24.0 Å². The highest BCUT2D eigenvalue weighted by Crippen LogP contribution is 2.17. The summed E-state index contributed by atoms with van der Waals surface area (Å²) in [6.07, 6.45) is 11.1. The second kappa shape index (κ2) is 11.5. The zero-order valence-corrected chi connectivity index (χ0v) is 14.2. The monoisotopic (exact) mass is 330 g/mol. The van der Waals surface area contributed by atoms with Crippen LogP contribution in [0.2, 0.25) is 0 Å². The number of carbonyl (C=O) groups excluding carboxylic acids is 2. The van der Waals surface area contributed by atoms with Crippen LogP contribution in [-0.4, -0.2) is 24.6 Å². The molecule has 2 rings (SSSR count). The predicted octanol–water partition coefficient (Wildman–Crippen LogP) is 4.60. The molecule has 1 aromatic rings. The third kappa shape index (κ3) is 8.83. The summed E-state index contributed by atoms with van der Waals surface area (Å²) in [7, 11) is 0. The van der Waals surface area contributed by atoms with Crippen molar-refractivity contribution in [3.63, 3.8) is 0 Å². The first-order chi connectivity index (χ1) is 11.2. The number of hydrogen-bond acceptors (Lipinski definition) is 4. The van der Waals surface area contributed by atoms with Gasteiger partial charge in [0.15, 0.2) is 0 Å². The van der Waals surface area contributed by atoms with Gasteiger partial charge in [0.25, 0.3) is 0 Å². The van der Waals surface area contributed by atoms with E-state index in [9.17, 15) is 9.59 Å².